The number of methoxy groups -OCH3 is 1. The van der Waals surface area contributed by atoms with Gasteiger partial charge in [-0.25, -0.2) is 9.97 Å². The summed E-state index contributed by atoms with van der Waals surface area (Å²) in [6.45, 7) is 9.99. The molecule has 0 bridgehead atoms. The van der Waals surface area contributed by atoms with Gasteiger partial charge in [-0.2, -0.15) is 0 Å². The van der Waals surface area contributed by atoms with E-state index in [2.05, 4.69) is 9.97 Å². The summed E-state index contributed by atoms with van der Waals surface area (Å²) in [5.41, 5.74) is 1.64. The first-order valence-electron chi connectivity index (χ1n) is 8.08. The summed E-state index contributed by atoms with van der Waals surface area (Å²) in [5, 5.41) is 0. The van der Waals surface area contributed by atoms with E-state index in [0.717, 1.165) is 22.6 Å². The Morgan fingerprint density at radius 3 is 2.25 bits per heavy atom. The zero-order chi connectivity index (χ0) is 17.5. The maximum absolute atomic E-state index is 6.11. The van der Waals surface area contributed by atoms with E-state index in [4.69, 9.17) is 14.0 Å². The molecule has 0 saturated carbocycles. The van der Waals surface area contributed by atoms with E-state index < -0.39 is 18.3 Å². The van der Waals surface area contributed by atoms with E-state index in [-0.39, 0.29) is 0 Å². The summed E-state index contributed by atoms with van der Waals surface area (Å²) in [5.74, 6) is 1.44. The van der Waals surface area contributed by atoms with Crippen LogP contribution in [0.15, 0.2) is 30.3 Å². The fraction of sp³-hybridized carbons (Fsp3) is 0.444. The standard InChI is InChI=1S/C18H23BN2O3/c1-12-20-14(13-9-7-8-10-15(13)22-6)11-16(21-12)19-23-17(2,3)18(4,5)24-19/h7-11H,1-6H3. The van der Waals surface area contributed by atoms with E-state index in [1.165, 1.54) is 0 Å². The normalized spacial score (nSPS) is 18.7. The van der Waals surface area contributed by atoms with E-state index >= 15 is 0 Å². The molecular weight excluding hydrogens is 303 g/mol. The number of benzene rings is 1. The van der Waals surface area contributed by atoms with Gasteiger partial charge in [0.1, 0.15) is 11.6 Å². The largest absolute Gasteiger partial charge is 0.514 e. The van der Waals surface area contributed by atoms with Gasteiger partial charge in [0.2, 0.25) is 0 Å². The van der Waals surface area contributed by atoms with Gasteiger partial charge in [0.25, 0.3) is 0 Å². The second-order valence-electron chi connectivity index (χ2n) is 7.01. The van der Waals surface area contributed by atoms with Crippen LogP contribution in [0.3, 0.4) is 0 Å². The van der Waals surface area contributed by atoms with Crippen molar-refractivity contribution in [3.8, 4) is 17.0 Å². The summed E-state index contributed by atoms with van der Waals surface area (Å²) >= 11 is 0. The summed E-state index contributed by atoms with van der Waals surface area (Å²) in [6, 6.07) is 9.71. The number of aromatic nitrogens is 2. The molecular formula is C18H23BN2O3. The highest BCUT2D eigenvalue weighted by atomic mass is 16.7. The van der Waals surface area contributed by atoms with Crippen LogP contribution < -0.4 is 10.3 Å². The summed E-state index contributed by atoms with van der Waals surface area (Å²) in [6.07, 6.45) is 0. The molecule has 0 N–H and O–H groups in total. The fourth-order valence-corrected chi connectivity index (χ4v) is 2.67. The molecule has 3 rings (SSSR count). The molecule has 6 heteroatoms. The van der Waals surface area contributed by atoms with Gasteiger partial charge in [-0.05, 0) is 52.8 Å². The van der Waals surface area contributed by atoms with Gasteiger partial charge in [0, 0.05) is 5.56 Å². The van der Waals surface area contributed by atoms with Crippen molar-refractivity contribution in [2.75, 3.05) is 7.11 Å². The molecule has 0 amide bonds. The highest BCUT2D eigenvalue weighted by Gasteiger charge is 2.52. The van der Waals surface area contributed by atoms with Crippen molar-refractivity contribution in [1.29, 1.82) is 0 Å². The molecule has 1 aromatic carbocycles. The molecule has 1 saturated heterocycles. The number of nitrogens with zero attached hydrogens (tertiary/aromatic N) is 2. The Hall–Kier alpha value is -1.92. The van der Waals surface area contributed by atoms with Crippen molar-refractivity contribution in [3.63, 3.8) is 0 Å². The van der Waals surface area contributed by atoms with Crippen LogP contribution in [0, 0.1) is 6.92 Å². The zero-order valence-electron chi connectivity index (χ0n) is 15.1. The molecule has 0 aliphatic carbocycles. The summed E-state index contributed by atoms with van der Waals surface area (Å²) < 4.78 is 17.7. The van der Waals surface area contributed by atoms with E-state index in [0.29, 0.717) is 5.82 Å². The van der Waals surface area contributed by atoms with Crippen LogP contribution in [0.4, 0.5) is 0 Å². The summed E-state index contributed by atoms with van der Waals surface area (Å²) in [4.78, 5) is 9.08. The lowest BCUT2D eigenvalue weighted by atomic mass is 9.83. The minimum Gasteiger partial charge on any atom is -0.496 e. The molecule has 0 atom stereocenters. The van der Waals surface area contributed by atoms with Gasteiger partial charge in [-0.1, -0.05) is 12.1 Å². The molecule has 24 heavy (non-hydrogen) atoms. The smallest absolute Gasteiger partial charge is 0.496 e. The van der Waals surface area contributed by atoms with E-state index in [1.54, 1.807) is 7.11 Å². The van der Waals surface area contributed by atoms with Crippen molar-refractivity contribution in [2.45, 2.75) is 45.8 Å². The number of para-hydroxylation sites is 1. The number of aryl methyl sites for hydroxylation is 1. The summed E-state index contributed by atoms with van der Waals surface area (Å²) in [7, 11) is 1.15. The van der Waals surface area contributed by atoms with Crippen LogP contribution in [0.1, 0.15) is 33.5 Å². The average Bonchev–Trinajstić information content (AvgIpc) is 2.75. The Labute approximate surface area is 143 Å². The highest BCUT2D eigenvalue weighted by molar-refractivity contribution is 6.61. The number of hydrogen-bond donors (Lipinski definition) is 0. The molecule has 1 fully saturated rings. The van der Waals surface area contributed by atoms with Gasteiger partial charge < -0.3 is 14.0 Å². The predicted molar refractivity (Wildman–Crippen MR) is 94.5 cm³/mol. The molecule has 0 unspecified atom stereocenters. The lowest BCUT2D eigenvalue weighted by Gasteiger charge is -2.32. The van der Waals surface area contributed by atoms with Crippen molar-refractivity contribution >= 4 is 12.7 Å². The maximum atomic E-state index is 6.11. The lowest BCUT2D eigenvalue weighted by Crippen LogP contribution is -2.41. The van der Waals surface area contributed by atoms with Gasteiger partial charge in [-0.3, -0.25) is 0 Å². The third kappa shape index (κ3) is 2.92. The SMILES string of the molecule is COc1ccccc1-c1cc(B2OC(C)(C)C(C)(C)O2)nc(C)n1. The Morgan fingerprint density at radius 1 is 1.00 bits per heavy atom. The van der Waals surface area contributed by atoms with Crippen molar-refractivity contribution < 1.29 is 14.0 Å². The van der Waals surface area contributed by atoms with Gasteiger partial charge >= 0.3 is 7.12 Å². The molecule has 1 aliphatic heterocycles. The quantitative estimate of drug-likeness (QED) is 0.812. The first-order valence-corrected chi connectivity index (χ1v) is 8.08. The third-order valence-corrected chi connectivity index (χ3v) is 4.74. The fourth-order valence-electron chi connectivity index (χ4n) is 2.67. The van der Waals surface area contributed by atoms with Gasteiger partial charge in [-0.15, -0.1) is 0 Å². The number of hydrogen-bond acceptors (Lipinski definition) is 5. The predicted octanol–water partition coefficient (Wildman–Crippen LogP) is 2.76. The zero-order valence-corrected chi connectivity index (χ0v) is 15.1. The number of ether oxygens (including phenoxy) is 1. The average molecular weight is 326 g/mol. The van der Waals surface area contributed by atoms with Crippen molar-refractivity contribution in [3.05, 3.63) is 36.2 Å². The van der Waals surface area contributed by atoms with Gasteiger partial charge in [0.15, 0.2) is 0 Å². The Kier molecular flexibility index (Phi) is 4.14. The molecule has 1 aromatic heterocycles. The first-order chi connectivity index (χ1) is 11.2. The molecule has 1 aliphatic rings. The van der Waals surface area contributed by atoms with Crippen LogP contribution in [-0.2, 0) is 9.31 Å². The molecule has 126 valence electrons. The van der Waals surface area contributed by atoms with Crippen molar-refractivity contribution in [1.82, 2.24) is 9.97 Å². The molecule has 0 radical (unpaired) electrons. The number of rotatable bonds is 3. The lowest BCUT2D eigenvalue weighted by molar-refractivity contribution is 0.00578. The topological polar surface area (TPSA) is 53.5 Å². The first kappa shape index (κ1) is 16.9. The molecule has 2 aromatic rings. The second-order valence-corrected chi connectivity index (χ2v) is 7.01. The van der Waals surface area contributed by atoms with Crippen LogP contribution in [0.25, 0.3) is 11.3 Å². The molecule has 0 spiro atoms. The Bertz CT molecular complexity index is 746. The van der Waals surface area contributed by atoms with Crippen LogP contribution in [0.2, 0.25) is 0 Å². The minimum absolute atomic E-state index is 0.402. The van der Waals surface area contributed by atoms with Gasteiger partial charge in [0.05, 0.1) is 29.6 Å². The Balaban J connectivity index is 2.02. The van der Waals surface area contributed by atoms with E-state index in [1.807, 2.05) is 65.0 Å². The van der Waals surface area contributed by atoms with Crippen LogP contribution >= 0.6 is 0 Å². The molecule has 5 nitrogen and oxygen atoms in total. The third-order valence-electron chi connectivity index (χ3n) is 4.74. The minimum atomic E-state index is -0.509. The molecule has 2 heterocycles. The Morgan fingerprint density at radius 2 is 1.62 bits per heavy atom. The van der Waals surface area contributed by atoms with Crippen LogP contribution in [-0.4, -0.2) is 35.4 Å². The van der Waals surface area contributed by atoms with Crippen molar-refractivity contribution in [2.24, 2.45) is 0 Å². The monoisotopic (exact) mass is 326 g/mol. The maximum Gasteiger partial charge on any atom is 0.514 e. The highest BCUT2D eigenvalue weighted by Crippen LogP contribution is 2.36. The van der Waals surface area contributed by atoms with Crippen LogP contribution in [0.5, 0.6) is 5.75 Å². The second kappa shape index (κ2) is 5.86. The van der Waals surface area contributed by atoms with E-state index in [9.17, 15) is 0 Å².